The van der Waals surface area contributed by atoms with Crippen LogP contribution in [0.4, 0.5) is 5.00 Å². The Morgan fingerprint density at radius 3 is 2.59 bits per heavy atom. The first-order valence-electron chi connectivity index (χ1n) is 8.28. The molecule has 2 aromatic carbocycles. The summed E-state index contributed by atoms with van der Waals surface area (Å²) in [5.74, 6) is -0.963. The number of amides is 1. The smallest absolute Gasteiger partial charge is 0.348 e. The van der Waals surface area contributed by atoms with Gasteiger partial charge in [0.05, 0.1) is 12.7 Å². The van der Waals surface area contributed by atoms with E-state index in [4.69, 9.17) is 28.6 Å². The van der Waals surface area contributed by atoms with Crippen LogP contribution < -0.4 is 10.6 Å². The van der Waals surface area contributed by atoms with Crippen LogP contribution in [0.1, 0.15) is 31.2 Å². The zero-order valence-corrected chi connectivity index (χ0v) is 17.7. The number of nitrogens with one attached hydrogen (secondary N) is 2. The van der Waals surface area contributed by atoms with Crippen molar-refractivity contribution in [2.75, 3.05) is 12.4 Å². The number of carbonyl (C=O) groups excluding carboxylic acids is 2. The number of nitrogens with zero attached hydrogens (tertiary/aromatic N) is 1. The third-order valence-corrected chi connectivity index (χ3v) is 5.92. The number of rotatable bonds is 3. The van der Waals surface area contributed by atoms with Crippen LogP contribution >= 0.6 is 35.2 Å². The summed E-state index contributed by atoms with van der Waals surface area (Å²) in [5, 5.41) is 17.2. The third kappa shape index (κ3) is 4.07. The second-order valence-electron chi connectivity index (χ2n) is 5.91. The van der Waals surface area contributed by atoms with Gasteiger partial charge in [-0.25, -0.2) is 4.79 Å². The Morgan fingerprint density at radius 1 is 1.21 bits per heavy atom. The van der Waals surface area contributed by atoms with E-state index in [0.717, 1.165) is 16.7 Å². The van der Waals surface area contributed by atoms with E-state index in [0.29, 0.717) is 31.4 Å². The van der Waals surface area contributed by atoms with E-state index in [1.807, 2.05) is 12.1 Å². The van der Waals surface area contributed by atoms with Gasteiger partial charge in [0.1, 0.15) is 15.9 Å². The molecule has 0 radical (unpaired) electrons. The van der Waals surface area contributed by atoms with Crippen molar-refractivity contribution in [2.24, 2.45) is 0 Å². The van der Waals surface area contributed by atoms with Gasteiger partial charge in [-0.3, -0.25) is 10.1 Å². The number of carbonyl (C=O) groups is 2. The number of hydrogen-bond acceptors (Lipinski definition) is 6. The summed E-state index contributed by atoms with van der Waals surface area (Å²) in [4.78, 5) is 24.9. The topological polar surface area (TPSA) is 91.2 Å². The van der Waals surface area contributed by atoms with Gasteiger partial charge in [-0.05, 0) is 42.2 Å². The van der Waals surface area contributed by atoms with Crippen LogP contribution in [-0.4, -0.2) is 24.1 Å². The monoisotopic (exact) mass is 443 g/mol. The molecule has 1 heterocycles. The first kappa shape index (κ1) is 20.7. The van der Waals surface area contributed by atoms with Gasteiger partial charge in [0, 0.05) is 16.0 Å². The highest BCUT2D eigenvalue weighted by atomic mass is 35.5. The van der Waals surface area contributed by atoms with Crippen LogP contribution in [0.25, 0.3) is 10.8 Å². The molecule has 0 fully saturated rings. The molecule has 29 heavy (non-hydrogen) atoms. The summed E-state index contributed by atoms with van der Waals surface area (Å²) < 4.78 is 4.73. The molecular formula is C20H14ClN3O3S2. The van der Waals surface area contributed by atoms with Crippen LogP contribution in [0.5, 0.6) is 0 Å². The molecule has 0 spiro atoms. The Bertz CT molecular complexity index is 1200. The molecular weight excluding hydrogens is 430 g/mol. The molecule has 1 aromatic heterocycles. The Hall–Kier alpha value is -2.99. The average Bonchev–Trinajstić information content (AvgIpc) is 3.02. The number of thiocarbonyl (C=S) groups is 1. The van der Waals surface area contributed by atoms with Crippen molar-refractivity contribution in [1.29, 1.82) is 5.26 Å². The Morgan fingerprint density at radius 2 is 1.90 bits per heavy atom. The second kappa shape index (κ2) is 8.57. The van der Waals surface area contributed by atoms with E-state index in [1.54, 1.807) is 37.3 Å². The van der Waals surface area contributed by atoms with Gasteiger partial charge in [0.2, 0.25) is 0 Å². The van der Waals surface area contributed by atoms with Gasteiger partial charge >= 0.3 is 5.97 Å². The van der Waals surface area contributed by atoms with E-state index in [2.05, 4.69) is 10.6 Å². The lowest BCUT2D eigenvalue weighted by atomic mass is 10.0. The highest BCUT2D eigenvalue weighted by molar-refractivity contribution is 7.80. The fraction of sp³-hybridized carbons (Fsp3) is 0.100. The highest BCUT2D eigenvalue weighted by Gasteiger charge is 2.22. The van der Waals surface area contributed by atoms with E-state index in [9.17, 15) is 14.9 Å². The standard InChI is InChI=1S/C20H14ClN3O3S2/c1-10-14(9-22)18(29-16(10)19(26)27-2)24-20(28)23-17(25)13-7-3-6-12-11(13)5-4-8-15(12)21/h3-8H,1-2H3,(H2,23,24,25,28). The number of hydrogen-bond donors (Lipinski definition) is 2. The zero-order chi connectivity index (χ0) is 21.1. The van der Waals surface area contributed by atoms with Crippen LogP contribution in [0.2, 0.25) is 5.02 Å². The summed E-state index contributed by atoms with van der Waals surface area (Å²) in [6.45, 7) is 1.65. The van der Waals surface area contributed by atoms with Gasteiger partial charge in [0.25, 0.3) is 5.91 Å². The van der Waals surface area contributed by atoms with Crippen molar-refractivity contribution in [3.63, 3.8) is 0 Å². The van der Waals surface area contributed by atoms with Crippen LogP contribution in [0.15, 0.2) is 36.4 Å². The molecule has 146 valence electrons. The number of methoxy groups -OCH3 is 1. The Balaban J connectivity index is 1.84. The first-order valence-corrected chi connectivity index (χ1v) is 9.89. The largest absolute Gasteiger partial charge is 0.465 e. The van der Waals surface area contributed by atoms with Gasteiger partial charge < -0.3 is 10.1 Å². The number of ether oxygens (including phenoxy) is 1. The van der Waals surface area contributed by atoms with Crippen molar-refractivity contribution in [3.8, 4) is 6.07 Å². The maximum absolute atomic E-state index is 12.7. The summed E-state index contributed by atoms with van der Waals surface area (Å²) in [6, 6.07) is 12.6. The number of thiophene rings is 1. The Labute approximate surface area is 181 Å². The molecule has 0 aliphatic carbocycles. The molecule has 0 bridgehead atoms. The van der Waals surface area contributed by atoms with E-state index in [-0.39, 0.29) is 10.7 Å². The lowest BCUT2D eigenvalue weighted by molar-refractivity contribution is 0.0605. The van der Waals surface area contributed by atoms with Crippen molar-refractivity contribution in [1.82, 2.24) is 5.32 Å². The van der Waals surface area contributed by atoms with E-state index in [1.165, 1.54) is 7.11 Å². The predicted molar refractivity (Wildman–Crippen MR) is 118 cm³/mol. The Kier molecular flexibility index (Phi) is 6.13. The molecule has 6 nitrogen and oxygen atoms in total. The number of fused-ring (bicyclic) bond motifs is 1. The number of benzene rings is 2. The fourth-order valence-electron chi connectivity index (χ4n) is 2.80. The maximum Gasteiger partial charge on any atom is 0.348 e. The molecule has 0 unspecified atom stereocenters. The van der Waals surface area contributed by atoms with Gasteiger partial charge in [-0.2, -0.15) is 5.26 Å². The summed E-state index contributed by atoms with van der Waals surface area (Å²) in [6.07, 6.45) is 0. The van der Waals surface area contributed by atoms with Crippen molar-refractivity contribution < 1.29 is 14.3 Å². The quantitative estimate of drug-likeness (QED) is 0.452. The first-order chi connectivity index (χ1) is 13.9. The fourth-order valence-corrected chi connectivity index (χ4v) is 4.37. The minimum Gasteiger partial charge on any atom is -0.465 e. The second-order valence-corrected chi connectivity index (χ2v) is 7.75. The van der Waals surface area contributed by atoms with Crippen LogP contribution in [-0.2, 0) is 4.74 Å². The number of esters is 1. The minimum atomic E-state index is -0.542. The normalized spacial score (nSPS) is 10.3. The highest BCUT2D eigenvalue weighted by Crippen LogP contribution is 2.33. The predicted octanol–water partition coefficient (Wildman–Crippen LogP) is 4.65. The average molecular weight is 444 g/mol. The molecule has 1 amide bonds. The minimum absolute atomic E-state index is 0.00296. The molecule has 3 aromatic rings. The van der Waals surface area contributed by atoms with Crippen molar-refractivity contribution in [2.45, 2.75) is 6.92 Å². The molecule has 0 aliphatic heterocycles. The van der Waals surface area contributed by atoms with Crippen molar-refractivity contribution >= 4 is 67.9 Å². The lowest BCUT2D eigenvalue weighted by Crippen LogP contribution is -2.34. The molecule has 0 saturated carbocycles. The molecule has 0 aliphatic rings. The van der Waals surface area contributed by atoms with E-state index >= 15 is 0 Å². The number of anilines is 1. The number of halogens is 1. The van der Waals surface area contributed by atoms with Crippen molar-refractivity contribution in [3.05, 3.63) is 63.0 Å². The maximum atomic E-state index is 12.7. The van der Waals surface area contributed by atoms with Gasteiger partial charge in [-0.1, -0.05) is 35.9 Å². The lowest BCUT2D eigenvalue weighted by Gasteiger charge is -2.10. The van der Waals surface area contributed by atoms with Crippen LogP contribution in [0.3, 0.4) is 0 Å². The third-order valence-electron chi connectivity index (χ3n) is 4.20. The summed E-state index contributed by atoms with van der Waals surface area (Å²) in [5.41, 5.74) is 1.17. The summed E-state index contributed by atoms with van der Waals surface area (Å²) in [7, 11) is 1.27. The SMILES string of the molecule is COC(=O)c1sc(NC(=S)NC(=O)c2cccc3c(Cl)cccc23)c(C#N)c1C. The molecule has 9 heteroatoms. The van der Waals surface area contributed by atoms with E-state index < -0.39 is 11.9 Å². The molecule has 2 N–H and O–H groups in total. The summed E-state index contributed by atoms with van der Waals surface area (Å²) >= 11 is 12.5. The zero-order valence-electron chi connectivity index (χ0n) is 15.3. The van der Waals surface area contributed by atoms with Gasteiger partial charge in [-0.15, -0.1) is 11.3 Å². The van der Waals surface area contributed by atoms with Gasteiger partial charge in [0.15, 0.2) is 5.11 Å². The molecule has 3 rings (SSSR count). The van der Waals surface area contributed by atoms with Crippen LogP contribution in [0, 0.1) is 18.3 Å². The molecule has 0 saturated heterocycles. The molecule has 0 atom stereocenters. The number of nitriles is 1.